The molecule has 124 valence electrons. The third-order valence-electron chi connectivity index (χ3n) is 4.71. The molecule has 1 atom stereocenters. The molecule has 0 bridgehead atoms. The molecule has 0 saturated heterocycles. The summed E-state index contributed by atoms with van der Waals surface area (Å²) in [5.74, 6) is -0.770. The number of aliphatic hydroxyl groups is 1. The number of aromatic amines is 1. The average Bonchev–Trinajstić information content (AvgIpc) is 2.96. The number of ether oxygens (including phenoxy) is 1. The summed E-state index contributed by atoms with van der Waals surface area (Å²) in [5.41, 5.74) is 2.31. The SMILES string of the molecule is O=C1OCc2c(cc3n(c2=O)Cc2cc4c(=O)[nH]ccc4nc2-3)[C@@H]1O. The quantitative estimate of drug-likeness (QED) is 0.443. The molecule has 0 unspecified atom stereocenters. The van der Waals surface area contributed by atoms with Gasteiger partial charge in [-0.3, -0.25) is 9.59 Å². The number of pyridine rings is 3. The van der Waals surface area contributed by atoms with E-state index in [2.05, 4.69) is 9.97 Å². The smallest absolute Gasteiger partial charge is 0.340 e. The number of hydrogen-bond donors (Lipinski definition) is 2. The number of rotatable bonds is 0. The molecule has 3 aromatic rings. The lowest BCUT2D eigenvalue weighted by atomic mass is 10.0. The van der Waals surface area contributed by atoms with E-state index < -0.39 is 12.1 Å². The summed E-state index contributed by atoms with van der Waals surface area (Å²) < 4.78 is 6.37. The Morgan fingerprint density at radius 3 is 2.96 bits per heavy atom. The van der Waals surface area contributed by atoms with Gasteiger partial charge in [0.15, 0.2) is 6.10 Å². The molecule has 0 spiro atoms. The molecule has 5 rings (SSSR count). The van der Waals surface area contributed by atoms with Crippen LogP contribution in [0.4, 0.5) is 0 Å². The largest absolute Gasteiger partial charge is 0.458 e. The van der Waals surface area contributed by atoms with Gasteiger partial charge in [-0.05, 0) is 18.2 Å². The van der Waals surface area contributed by atoms with Gasteiger partial charge >= 0.3 is 5.97 Å². The molecule has 8 nitrogen and oxygen atoms in total. The van der Waals surface area contributed by atoms with E-state index in [0.717, 1.165) is 5.56 Å². The summed E-state index contributed by atoms with van der Waals surface area (Å²) in [6, 6.07) is 5.02. The molecule has 0 saturated carbocycles. The molecule has 25 heavy (non-hydrogen) atoms. The van der Waals surface area contributed by atoms with E-state index in [1.807, 2.05) is 0 Å². The van der Waals surface area contributed by atoms with Crippen LogP contribution in [0.25, 0.3) is 22.3 Å². The molecule has 0 aromatic carbocycles. The van der Waals surface area contributed by atoms with Crippen molar-refractivity contribution < 1.29 is 14.6 Å². The summed E-state index contributed by atoms with van der Waals surface area (Å²) in [5, 5.41) is 10.5. The Balaban J connectivity index is 1.82. The van der Waals surface area contributed by atoms with Crippen molar-refractivity contribution in [3.8, 4) is 11.4 Å². The van der Waals surface area contributed by atoms with Crippen LogP contribution in [0.5, 0.6) is 0 Å². The average molecular weight is 337 g/mol. The minimum atomic E-state index is -1.48. The standard InChI is InChI=1S/C17H11N3O5/c21-14-8-4-12-13-7(3-9-11(19-13)1-2-18-15(9)22)5-20(12)16(23)10(8)6-25-17(14)24/h1-4,14,21H,5-6H2,(H,18,22)/t14-/m0/s1. The molecule has 3 aromatic heterocycles. The summed E-state index contributed by atoms with van der Waals surface area (Å²) in [6.07, 6.45) is 0.0355. The van der Waals surface area contributed by atoms with Gasteiger partial charge in [0.1, 0.15) is 6.61 Å². The molecule has 0 amide bonds. The van der Waals surface area contributed by atoms with Gasteiger partial charge in [0.05, 0.1) is 34.4 Å². The van der Waals surface area contributed by atoms with Crippen molar-refractivity contribution in [2.75, 3.05) is 0 Å². The highest BCUT2D eigenvalue weighted by molar-refractivity contribution is 5.84. The lowest BCUT2D eigenvalue weighted by molar-refractivity contribution is -0.157. The number of aliphatic hydroxyl groups excluding tert-OH is 1. The Bertz CT molecular complexity index is 1210. The second kappa shape index (κ2) is 4.64. The van der Waals surface area contributed by atoms with Crippen molar-refractivity contribution in [2.24, 2.45) is 0 Å². The second-order valence-electron chi connectivity index (χ2n) is 6.10. The minimum Gasteiger partial charge on any atom is -0.458 e. The molecule has 0 aliphatic carbocycles. The normalized spacial score (nSPS) is 17.8. The Morgan fingerprint density at radius 2 is 2.12 bits per heavy atom. The monoisotopic (exact) mass is 337 g/mol. The predicted octanol–water partition coefficient (Wildman–Crippen LogP) is 0.204. The highest BCUT2D eigenvalue weighted by Gasteiger charge is 2.33. The van der Waals surface area contributed by atoms with Gasteiger partial charge < -0.3 is 19.4 Å². The molecular weight excluding hydrogens is 326 g/mol. The van der Waals surface area contributed by atoms with Crippen LogP contribution in [0.3, 0.4) is 0 Å². The highest BCUT2D eigenvalue weighted by Crippen LogP contribution is 2.34. The summed E-state index contributed by atoms with van der Waals surface area (Å²) in [7, 11) is 0. The molecule has 2 N–H and O–H groups in total. The van der Waals surface area contributed by atoms with Crippen LogP contribution >= 0.6 is 0 Å². The Hall–Kier alpha value is -3.26. The first-order valence-electron chi connectivity index (χ1n) is 7.67. The summed E-state index contributed by atoms with van der Waals surface area (Å²) in [6.45, 7) is 0.119. The number of esters is 1. The van der Waals surface area contributed by atoms with E-state index in [1.54, 1.807) is 18.2 Å². The third kappa shape index (κ3) is 1.79. The maximum Gasteiger partial charge on any atom is 0.340 e. The van der Waals surface area contributed by atoms with E-state index in [1.165, 1.54) is 10.8 Å². The maximum atomic E-state index is 12.8. The van der Waals surface area contributed by atoms with E-state index >= 15 is 0 Å². The Morgan fingerprint density at radius 1 is 1.28 bits per heavy atom. The van der Waals surface area contributed by atoms with Crippen LogP contribution in [-0.2, 0) is 22.7 Å². The van der Waals surface area contributed by atoms with Gasteiger partial charge in [-0.15, -0.1) is 0 Å². The number of hydrogen-bond acceptors (Lipinski definition) is 6. The molecule has 5 heterocycles. The minimum absolute atomic E-state index is 0.157. The number of fused-ring (bicyclic) bond motifs is 5. The number of aromatic nitrogens is 3. The summed E-state index contributed by atoms with van der Waals surface area (Å²) >= 11 is 0. The zero-order valence-electron chi connectivity index (χ0n) is 12.8. The van der Waals surface area contributed by atoms with Gasteiger partial charge in [0.2, 0.25) is 0 Å². The Labute approximate surface area is 139 Å². The van der Waals surface area contributed by atoms with Crippen molar-refractivity contribution in [2.45, 2.75) is 19.3 Å². The van der Waals surface area contributed by atoms with Crippen LogP contribution in [0.2, 0.25) is 0 Å². The fraction of sp³-hybridized carbons (Fsp3) is 0.176. The van der Waals surface area contributed by atoms with Gasteiger partial charge in [0.25, 0.3) is 11.1 Å². The van der Waals surface area contributed by atoms with E-state index in [9.17, 15) is 19.5 Å². The number of carbonyl (C=O) groups is 1. The van der Waals surface area contributed by atoms with E-state index in [0.29, 0.717) is 22.3 Å². The Kier molecular flexibility index (Phi) is 2.62. The molecule has 2 aliphatic rings. The highest BCUT2D eigenvalue weighted by atomic mass is 16.5. The fourth-order valence-electron chi connectivity index (χ4n) is 3.46. The zero-order valence-corrected chi connectivity index (χ0v) is 12.8. The molecule has 2 aliphatic heterocycles. The van der Waals surface area contributed by atoms with Crippen molar-refractivity contribution >= 4 is 16.9 Å². The van der Waals surface area contributed by atoms with Gasteiger partial charge in [-0.2, -0.15) is 0 Å². The maximum absolute atomic E-state index is 12.8. The van der Waals surface area contributed by atoms with Crippen LogP contribution in [-0.4, -0.2) is 25.6 Å². The summed E-state index contributed by atoms with van der Waals surface area (Å²) in [4.78, 5) is 43.4. The molecular formula is C17H11N3O5. The second-order valence-corrected chi connectivity index (χ2v) is 6.10. The van der Waals surface area contributed by atoms with Crippen molar-refractivity contribution in [1.82, 2.24) is 14.5 Å². The van der Waals surface area contributed by atoms with E-state index in [4.69, 9.17) is 4.74 Å². The molecule has 0 fully saturated rings. The number of nitrogens with zero attached hydrogens (tertiary/aromatic N) is 2. The third-order valence-corrected chi connectivity index (χ3v) is 4.71. The zero-order chi connectivity index (χ0) is 17.3. The first kappa shape index (κ1) is 14.1. The van der Waals surface area contributed by atoms with Crippen LogP contribution in [0.15, 0.2) is 34.0 Å². The van der Waals surface area contributed by atoms with Crippen molar-refractivity contribution in [3.63, 3.8) is 0 Å². The molecule has 0 radical (unpaired) electrons. The van der Waals surface area contributed by atoms with Gasteiger partial charge in [-0.25, -0.2) is 9.78 Å². The van der Waals surface area contributed by atoms with Crippen molar-refractivity contribution in [3.05, 3.63) is 61.8 Å². The van der Waals surface area contributed by atoms with Crippen LogP contribution in [0, 0.1) is 0 Å². The van der Waals surface area contributed by atoms with Crippen molar-refractivity contribution in [1.29, 1.82) is 0 Å². The topological polar surface area (TPSA) is 114 Å². The lowest BCUT2D eigenvalue weighted by Gasteiger charge is -2.21. The van der Waals surface area contributed by atoms with Gasteiger partial charge in [0, 0.05) is 17.3 Å². The number of nitrogens with one attached hydrogen (secondary N) is 1. The first-order valence-corrected chi connectivity index (χ1v) is 7.67. The predicted molar refractivity (Wildman–Crippen MR) is 85.9 cm³/mol. The van der Waals surface area contributed by atoms with E-state index in [-0.39, 0.29) is 35.4 Å². The fourth-order valence-corrected chi connectivity index (χ4v) is 3.46. The van der Waals surface area contributed by atoms with Crippen LogP contribution in [0.1, 0.15) is 22.8 Å². The number of cyclic esters (lactones) is 1. The number of carbonyl (C=O) groups excluding carboxylic acids is 1. The lowest BCUT2D eigenvalue weighted by Crippen LogP contribution is -2.32. The molecule has 8 heteroatoms. The number of H-pyrrole nitrogens is 1. The van der Waals surface area contributed by atoms with Gasteiger partial charge in [-0.1, -0.05) is 0 Å². The first-order chi connectivity index (χ1) is 12.0. The van der Waals surface area contributed by atoms with Crippen LogP contribution < -0.4 is 11.1 Å².